The zero-order valence-electron chi connectivity index (χ0n) is 16.6. The van der Waals surface area contributed by atoms with Gasteiger partial charge in [-0.25, -0.2) is 0 Å². The minimum Gasteiger partial charge on any atom is -0.394 e. The fourth-order valence-electron chi connectivity index (χ4n) is 4.08. The number of methoxy groups -OCH3 is 1. The van der Waals surface area contributed by atoms with Gasteiger partial charge in [0.15, 0.2) is 11.9 Å². The smallest absolute Gasteiger partial charge is 0.253 e. The molecule has 1 aliphatic heterocycles. The molecule has 3 unspecified atom stereocenters. The van der Waals surface area contributed by atoms with Crippen LogP contribution in [-0.2, 0) is 19.0 Å². The molecule has 3 fully saturated rings. The lowest BCUT2D eigenvalue weighted by Gasteiger charge is -2.47. The van der Waals surface area contributed by atoms with Gasteiger partial charge >= 0.3 is 0 Å². The van der Waals surface area contributed by atoms with E-state index in [1.54, 1.807) is 0 Å². The van der Waals surface area contributed by atoms with Crippen LogP contribution in [0, 0.1) is 0 Å². The van der Waals surface area contributed by atoms with Crippen LogP contribution in [0.4, 0.5) is 0 Å². The lowest BCUT2D eigenvalue weighted by Crippen LogP contribution is -2.68. The molecule has 2 aliphatic carbocycles. The fourth-order valence-corrected chi connectivity index (χ4v) is 4.08. The summed E-state index contributed by atoms with van der Waals surface area (Å²) in [6, 6.07) is -3.42. The number of aliphatic hydroxyl groups excluding tert-OH is 4. The van der Waals surface area contributed by atoms with E-state index in [0.29, 0.717) is 0 Å². The number of nitrogens with one attached hydrogen (secondary N) is 1. The van der Waals surface area contributed by atoms with Crippen LogP contribution in [0.1, 0.15) is 12.8 Å². The molecule has 0 aromatic heterocycles. The molecular weight excluding hydrogens is 404 g/mol. The zero-order chi connectivity index (χ0) is 22.4. The van der Waals surface area contributed by atoms with Crippen LogP contribution >= 0.6 is 0 Å². The predicted octanol–water partition coefficient (Wildman–Crippen LogP) is -5.81. The number of carbonyl (C=O) groups is 1. The molecule has 2 saturated carbocycles. The number of rotatable bonds is 6. The molecule has 12 N–H and O–H groups in total. The maximum atomic E-state index is 12.4. The van der Waals surface area contributed by atoms with Crippen LogP contribution in [0.3, 0.4) is 0 Å². The topological polar surface area (TPSA) is 236 Å². The molecule has 3 rings (SSSR count). The summed E-state index contributed by atoms with van der Waals surface area (Å²) in [5.41, 5.74) is 15.8. The van der Waals surface area contributed by atoms with Crippen LogP contribution in [-0.4, -0.2) is 118 Å². The van der Waals surface area contributed by atoms with Crippen molar-refractivity contribution >= 4 is 5.91 Å². The quantitative estimate of drug-likeness (QED) is 0.189. The van der Waals surface area contributed by atoms with Crippen molar-refractivity contribution in [1.82, 2.24) is 5.32 Å². The summed E-state index contributed by atoms with van der Waals surface area (Å²) in [6.07, 6.45) is -8.48. The third kappa shape index (κ3) is 4.20. The fraction of sp³-hybridized carbons (Fsp3) is 0.941. The summed E-state index contributed by atoms with van der Waals surface area (Å²) in [4.78, 5) is 12.4. The van der Waals surface area contributed by atoms with E-state index in [1.807, 2.05) is 0 Å². The molecule has 13 nitrogen and oxygen atoms in total. The number of ether oxygens (including phenoxy) is 3. The van der Waals surface area contributed by atoms with Gasteiger partial charge in [-0.3, -0.25) is 4.79 Å². The molecule has 0 aromatic carbocycles. The standard InChI is InChI=1S/C17H32N4O9/c1-28-13-5(18)2-6(21-16(26)17(27)3-8(17)19)14(12(13)25)30-15-11(24)9(20)10(23)7(4-22)29-15/h5-15,22-25,27H,2-4,18-20H2,1H3,(H,21,26)/t5-,6+,7+,8?,9-,10+,11+,12-,13?,14-,15+,17?/m0/s1. The minimum absolute atomic E-state index is 0.0990. The molecule has 174 valence electrons. The average molecular weight is 436 g/mol. The maximum Gasteiger partial charge on any atom is 0.253 e. The number of hydrogen-bond donors (Lipinski definition) is 9. The number of amides is 1. The zero-order valence-corrected chi connectivity index (χ0v) is 16.6. The van der Waals surface area contributed by atoms with Gasteiger partial charge in [0.05, 0.1) is 18.7 Å². The van der Waals surface area contributed by atoms with Gasteiger partial charge in [0.2, 0.25) is 0 Å². The van der Waals surface area contributed by atoms with Crippen LogP contribution in [0.15, 0.2) is 0 Å². The third-order valence-corrected chi connectivity index (χ3v) is 6.21. The maximum absolute atomic E-state index is 12.4. The molecule has 0 aromatic rings. The first kappa shape index (κ1) is 23.7. The molecule has 13 heteroatoms. The number of nitrogens with two attached hydrogens (primary N) is 3. The van der Waals surface area contributed by atoms with Gasteiger partial charge in [0, 0.05) is 25.6 Å². The summed E-state index contributed by atoms with van der Waals surface area (Å²) in [5, 5.41) is 53.3. The summed E-state index contributed by atoms with van der Waals surface area (Å²) < 4.78 is 16.4. The first-order valence-electron chi connectivity index (χ1n) is 9.84. The highest BCUT2D eigenvalue weighted by Crippen LogP contribution is 2.35. The molecule has 0 spiro atoms. The van der Waals surface area contributed by atoms with Crippen LogP contribution in [0.2, 0.25) is 0 Å². The lowest BCUT2D eigenvalue weighted by atomic mass is 9.83. The van der Waals surface area contributed by atoms with Gasteiger partial charge in [-0.05, 0) is 6.42 Å². The van der Waals surface area contributed by atoms with Crippen LogP contribution in [0.5, 0.6) is 0 Å². The van der Waals surface area contributed by atoms with Crippen molar-refractivity contribution in [2.45, 2.75) is 85.5 Å². The second-order valence-electron chi connectivity index (χ2n) is 8.29. The molecule has 1 saturated heterocycles. The van der Waals surface area contributed by atoms with Crippen molar-refractivity contribution in [3.05, 3.63) is 0 Å². The molecule has 30 heavy (non-hydrogen) atoms. The third-order valence-electron chi connectivity index (χ3n) is 6.21. The first-order chi connectivity index (χ1) is 14.0. The van der Waals surface area contributed by atoms with E-state index in [-0.39, 0.29) is 12.8 Å². The Labute approximate surface area is 173 Å². The van der Waals surface area contributed by atoms with Crippen molar-refractivity contribution in [3.63, 3.8) is 0 Å². The molecule has 12 atom stereocenters. The van der Waals surface area contributed by atoms with E-state index in [1.165, 1.54) is 7.11 Å². The van der Waals surface area contributed by atoms with E-state index in [2.05, 4.69) is 5.32 Å². The SMILES string of the molecule is COC1[C@@H](N)C[C@@H](NC(=O)C2(O)CC2N)[C@H](O[C@H]2O[C@H](CO)[C@@H](O)[C@H](N)[C@H]2O)[C@H]1O. The van der Waals surface area contributed by atoms with Crippen molar-refractivity contribution < 1.29 is 44.5 Å². The highest BCUT2D eigenvalue weighted by atomic mass is 16.7. The molecular formula is C17H32N4O9. The average Bonchev–Trinajstić information content (AvgIpc) is 3.32. The molecule has 0 bridgehead atoms. The largest absolute Gasteiger partial charge is 0.394 e. The predicted molar refractivity (Wildman–Crippen MR) is 99.5 cm³/mol. The second kappa shape index (κ2) is 8.88. The monoisotopic (exact) mass is 436 g/mol. The highest BCUT2D eigenvalue weighted by molar-refractivity contribution is 5.89. The number of aliphatic hydroxyl groups is 5. The van der Waals surface area contributed by atoms with E-state index in [0.717, 1.165) is 0 Å². The van der Waals surface area contributed by atoms with Crippen LogP contribution in [0.25, 0.3) is 0 Å². The van der Waals surface area contributed by atoms with Gasteiger partial charge in [0.25, 0.3) is 5.91 Å². The minimum atomic E-state index is -1.70. The number of carbonyl (C=O) groups excluding carboxylic acids is 1. The Bertz CT molecular complexity index is 628. The van der Waals surface area contributed by atoms with E-state index >= 15 is 0 Å². The van der Waals surface area contributed by atoms with Crippen molar-refractivity contribution in [2.24, 2.45) is 17.2 Å². The molecule has 1 amide bonds. The Morgan fingerprint density at radius 1 is 1.17 bits per heavy atom. The van der Waals surface area contributed by atoms with Crippen molar-refractivity contribution in [1.29, 1.82) is 0 Å². The normalized spacial score (nSPS) is 51.4. The molecule has 1 heterocycles. The van der Waals surface area contributed by atoms with Gasteiger partial charge < -0.3 is 62.3 Å². The first-order valence-corrected chi connectivity index (χ1v) is 9.84. The van der Waals surface area contributed by atoms with Gasteiger partial charge in [-0.1, -0.05) is 0 Å². The van der Waals surface area contributed by atoms with Crippen molar-refractivity contribution in [2.75, 3.05) is 13.7 Å². The molecule has 3 aliphatic rings. The van der Waals surface area contributed by atoms with E-state index in [9.17, 15) is 30.3 Å². The Morgan fingerprint density at radius 3 is 2.33 bits per heavy atom. The van der Waals surface area contributed by atoms with Gasteiger partial charge in [-0.15, -0.1) is 0 Å². The Morgan fingerprint density at radius 2 is 1.80 bits per heavy atom. The van der Waals surface area contributed by atoms with Crippen molar-refractivity contribution in [3.8, 4) is 0 Å². The lowest BCUT2D eigenvalue weighted by molar-refractivity contribution is -0.305. The molecule has 0 radical (unpaired) electrons. The highest BCUT2D eigenvalue weighted by Gasteiger charge is 2.58. The van der Waals surface area contributed by atoms with Crippen LogP contribution < -0.4 is 22.5 Å². The Hall–Kier alpha value is -0.970. The van der Waals surface area contributed by atoms with E-state index < -0.39 is 85.2 Å². The summed E-state index contributed by atoms with van der Waals surface area (Å²) in [7, 11) is 1.36. The summed E-state index contributed by atoms with van der Waals surface area (Å²) in [5.74, 6) is -0.727. The second-order valence-corrected chi connectivity index (χ2v) is 8.29. The number of hydrogen-bond acceptors (Lipinski definition) is 12. The van der Waals surface area contributed by atoms with Gasteiger partial charge in [-0.2, -0.15) is 0 Å². The Balaban J connectivity index is 1.78. The summed E-state index contributed by atoms with van der Waals surface area (Å²) >= 11 is 0. The summed E-state index contributed by atoms with van der Waals surface area (Å²) in [6.45, 7) is -0.578. The Kier molecular flexibility index (Phi) is 7.01. The van der Waals surface area contributed by atoms with Gasteiger partial charge in [0.1, 0.15) is 36.6 Å². The van der Waals surface area contributed by atoms with E-state index in [4.69, 9.17) is 31.4 Å².